The molecule has 1 heterocycles. The Hall–Kier alpha value is -0.660. The molecule has 0 atom stereocenters. The highest BCUT2D eigenvalue weighted by Crippen LogP contribution is 2.26. The first-order chi connectivity index (χ1) is 8.85. The summed E-state index contributed by atoms with van der Waals surface area (Å²) in [6.07, 6.45) is 3.82. The van der Waals surface area contributed by atoms with E-state index < -0.39 is 9.84 Å². The van der Waals surface area contributed by atoms with Gasteiger partial charge < -0.3 is 10.2 Å². The van der Waals surface area contributed by atoms with Crippen LogP contribution < -0.4 is 10.2 Å². The standard InChI is InChI=1S/C12H21N3O2S2/c1-9-11(8-13-10-4-5-10)18-12(14-9)15(2)6-7-19(3,16)17/h10,13H,4-8H2,1-3H3. The fraction of sp³-hybridized carbons (Fsp3) is 0.750. The van der Waals surface area contributed by atoms with Gasteiger partial charge in [-0.15, -0.1) is 11.3 Å². The van der Waals surface area contributed by atoms with Crippen LogP contribution >= 0.6 is 11.3 Å². The second-order valence-electron chi connectivity index (χ2n) is 5.21. The van der Waals surface area contributed by atoms with Crippen molar-refractivity contribution in [1.29, 1.82) is 0 Å². The SMILES string of the molecule is Cc1nc(N(C)CCS(C)(=O)=O)sc1CNC1CC1. The topological polar surface area (TPSA) is 62.3 Å². The number of nitrogens with zero attached hydrogens (tertiary/aromatic N) is 2. The molecule has 7 heteroatoms. The summed E-state index contributed by atoms with van der Waals surface area (Å²) in [5, 5.41) is 4.38. The van der Waals surface area contributed by atoms with Crippen molar-refractivity contribution in [2.24, 2.45) is 0 Å². The van der Waals surface area contributed by atoms with Crippen molar-refractivity contribution >= 4 is 26.3 Å². The fourth-order valence-electron chi connectivity index (χ4n) is 1.66. The molecule has 19 heavy (non-hydrogen) atoms. The van der Waals surface area contributed by atoms with Crippen LogP contribution in [0.15, 0.2) is 0 Å². The highest BCUT2D eigenvalue weighted by atomic mass is 32.2. The molecule has 0 radical (unpaired) electrons. The molecule has 1 saturated carbocycles. The van der Waals surface area contributed by atoms with E-state index in [1.165, 1.54) is 24.0 Å². The summed E-state index contributed by atoms with van der Waals surface area (Å²) in [7, 11) is -1.03. The van der Waals surface area contributed by atoms with Crippen LogP contribution in [-0.4, -0.2) is 45.0 Å². The van der Waals surface area contributed by atoms with Gasteiger partial charge in [0.25, 0.3) is 0 Å². The number of sulfone groups is 1. The second-order valence-corrected chi connectivity index (χ2v) is 8.53. The van der Waals surface area contributed by atoms with Crippen LogP contribution in [-0.2, 0) is 16.4 Å². The van der Waals surface area contributed by atoms with Crippen molar-refractivity contribution in [3.05, 3.63) is 10.6 Å². The molecule has 0 saturated heterocycles. The molecular weight excluding hydrogens is 282 g/mol. The van der Waals surface area contributed by atoms with E-state index in [2.05, 4.69) is 10.3 Å². The number of anilines is 1. The van der Waals surface area contributed by atoms with E-state index in [1.807, 2.05) is 18.9 Å². The molecule has 1 fully saturated rings. The van der Waals surface area contributed by atoms with E-state index in [1.54, 1.807) is 11.3 Å². The summed E-state index contributed by atoms with van der Waals surface area (Å²) >= 11 is 1.65. The van der Waals surface area contributed by atoms with Crippen LogP contribution in [0.5, 0.6) is 0 Å². The Morgan fingerprint density at radius 2 is 2.16 bits per heavy atom. The number of nitrogens with one attached hydrogen (secondary N) is 1. The lowest BCUT2D eigenvalue weighted by Crippen LogP contribution is -2.24. The molecule has 0 amide bonds. The van der Waals surface area contributed by atoms with E-state index in [-0.39, 0.29) is 5.75 Å². The third-order valence-electron chi connectivity index (χ3n) is 3.13. The zero-order chi connectivity index (χ0) is 14.0. The predicted molar refractivity (Wildman–Crippen MR) is 79.7 cm³/mol. The second kappa shape index (κ2) is 5.76. The van der Waals surface area contributed by atoms with Crippen LogP contribution in [0, 0.1) is 6.92 Å². The van der Waals surface area contributed by atoms with Crippen molar-refractivity contribution in [3.8, 4) is 0 Å². The van der Waals surface area contributed by atoms with Gasteiger partial charge in [-0.2, -0.15) is 0 Å². The minimum atomic E-state index is -2.92. The van der Waals surface area contributed by atoms with Gasteiger partial charge in [0, 0.05) is 37.3 Å². The number of aromatic nitrogens is 1. The zero-order valence-corrected chi connectivity index (χ0v) is 13.3. The lowest BCUT2D eigenvalue weighted by molar-refractivity contribution is 0.601. The number of thiazole rings is 1. The largest absolute Gasteiger partial charge is 0.350 e. The maximum absolute atomic E-state index is 11.2. The molecule has 1 aromatic heterocycles. The summed E-state index contributed by atoms with van der Waals surface area (Å²) in [5.74, 6) is 0.164. The summed E-state index contributed by atoms with van der Waals surface area (Å²) in [4.78, 5) is 7.68. The maximum atomic E-state index is 11.2. The smallest absolute Gasteiger partial charge is 0.185 e. The van der Waals surface area contributed by atoms with Gasteiger partial charge in [0.15, 0.2) is 5.13 Å². The van der Waals surface area contributed by atoms with Gasteiger partial charge in [0.05, 0.1) is 11.4 Å². The van der Waals surface area contributed by atoms with Crippen molar-refractivity contribution in [2.45, 2.75) is 32.4 Å². The van der Waals surface area contributed by atoms with Crippen LogP contribution in [0.3, 0.4) is 0 Å². The molecule has 5 nitrogen and oxygen atoms in total. The van der Waals surface area contributed by atoms with E-state index in [4.69, 9.17) is 0 Å². The lowest BCUT2D eigenvalue weighted by Gasteiger charge is -2.14. The van der Waals surface area contributed by atoms with Gasteiger partial charge in [0.1, 0.15) is 9.84 Å². The Kier molecular flexibility index (Phi) is 4.47. The fourth-order valence-corrected chi connectivity index (χ4v) is 3.27. The Bertz CT molecular complexity index is 535. The van der Waals surface area contributed by atoms with Crippen LogP contribution in [0.4, 0.5) is 5.13 Å². The van der Waals surface area contributed by atoms with Crippen LogP contribution in [0.1, 0.15) is 23.4 Å². The summed E-state index contributed by atoms with van der Waals surface area (Å²) in [5.41, 5.74) is 1.04. The summed E-state index contributed by atoms with van der Waals surface area (Å²) in [6, 6.07) is 0.688. The Balaban J connectivity index is 1.93. The highest BCUT2D eigenvalue weighted by Gasteiger charge is 2.21. The average Bonchev–Trinajstić information content (AvgIpc) is 3.06. The Morgan fingerprint density at radius 3 is 2.74 bits per heavy atom. The van der Waals surface area contributed by atoms with Crippen molar-refractivity contribution in [3.63, 3.8) is 0 Å². The van der Waals surface area contributed by atoms with Gasteiger partial charge >= 0.3 is 0 Å². The highest BCUT2D eigenvalue weighted by molar-refractivity contribution is 7.90. The molecule has 108 valence electrons. The van der Waals surface area contributed by atoms with Gasteiger partial charge in [-0.05, 0) is 19.8 Å². The lowest BCUT2D eigenvalue weighted by atomic mass is 10.4. The van der Waals surface area contributed by atoms with Crippen LogP contribution in [0.25, 0.3) is 0 Å². The molecule has 0 aliphatic heterocycles. The molecule has 1 aliphatic carbocycles. The molecule has 1 aliphatic rings. The number of hydrogen-bond acceptors (Lipinski definition) is 6. The maximum Gasteiger partial charge on any atom is 0.185 e. The first kappa shape index (κ1) is 14.7. The quantitative estimate of drug-likeness (QED) is 0.819. The Morgan fingerprint density at radius 1 is 1.47 bits per heavy atom. The molecular formula is C12H21N3O2S2. The van der Waals surface area contributed by atoms with Crippen molar-refractivity contribution in [2.75, 3.05) is 30.5 Å². The third-order valence-corrected chi connectivity index (χ3v) is 5.33. The minimum absolute atomic E-state index is 0.164. The van der Waals surface area contributed by atoms with Crippen molar-refractivity contribution < 1.29 is 8.42 Å². The van der Waals surface area contributed by atoms with Gasteiger partial charge in [0.2, 0.25) is 0 Å². The molecule has 1 N–H and O–H groups in total. The molecule has 2 rings (SSSR count). The van der Waals surface area contributed by atoms with E-state index in [0.717, 1.165) is 17.4 Å². The van der Waals surface area contributed by atoms with E-state index in [9.17, 15) is 8.42 Å². The number of hydrogen-bond donors (Lipinski definition) is 1. The van der Waals surface area contributed by atoms with E-state index in [0.29, 0.717) is 12.6 Å². The molecule has 1 aromatic rings. The summed E-state index contributed by atoms with van der Waals surface area (Å²) in [6.45, 7) is 3.36. The third kappa shape index (κ3) is 4.74. The van der Waals surface area contributed by atoms with Gasteiger partial charge in [-0.3, -0.25) is 0 Å². The number of aryl methyl sites for hydroxylation is 1. The first-order valence-electron chi connectivity index (χ1n) is 6.44. The zero-order valence-electron chi connectivity index (χ0n) is 11.6. The number of rotatable bonds is 7. The predicted octanol–water partition coefficient (Wildman–Crippen LogP) is 1.18. The summed E-state index contributed by atoms with van der Waals surface area (Å²) < 4.78 is 22.3. The van der Waals surface area contributed by atoms with E-state index >= 15 is 0 Å². The van der Waals surface area contributed by atoms with Crippen molar-refractivity contribution in [1.82, 2.24) is 10.3 Å². The van der Waals surface area contributed by atoms with Gasteiger partial charge in [-0.1, -0.05) is 0 Å². The molecule has 0 aromatic carbocycles. The van der Waals surface area contributed by atoms with Crippen LogP contribution in [0.2, 0.25) is 0 Å². The molecule has 0 bridgehead atoms. The molecule has 0 unspecified atom stereocenters. The normalized spacial score (nSPS) is 15.7. The molecule has 0 spiro atoms. The average molecular weight is 303 g/mol. The monoisotopic (exact) mass is 303 g/mol. The first-order valence-corrected chi connectivity index (χ1v) is 9.31. The Labute approximate surface area is 119 Å². The minimum Gasteiger partial charge on any atom is -0.350 e. The van der Waals surface area contributed by atoms with Gasteiger partial charge in [-0.25, -0.2) is 13.4 Å².